The quantitative estimate of drug-likeness (QED) is 0.760. The number of benzene rings is 1. The third-order valence-corrected chi connectivity index (χ3v) is 4.07. The SMILES string of the molecule is CC(C)OCCNC(=O)c1cc(Cl)cc(S(N)(=O)=O)c1Cl. The van der Waals surface area contributed by atoms with Crippen LogP contribution in [0.4, 0.5) is 0 Å². The van der Waals surface area contributed by atoms with Gasteiger partial charge in [0.25, 0.3) is 5.91 Å². The maximum atomic E-state index is 12.0. The third-order valence-electron chi connectivity index (χ3n) is 2.39. The first-order chi connectivity index (χ1) is 9.62. The van der Waals surface area contributed by atoms with E-state index in [1.54, 1.807) is 0 Å². The molecule has 0 radical (unpaired) electrons. The maximum Gasteiger partial charge on any atom is 0.252 e. The highest BCUT2D eigenvalue weighted by Gasteiger charge is 2.21. The van der Waals surface area contributed by atoms with Gasteiger partial charge in [-0.25, -0.2) is 13.6 Å². The van der Waals surface area contributed by atoms with Crippen LogP contribution in [0.1, 0.15) is 24.2 Å². The second-order valence-electron chi connectivity index (χ2n) is 4.49. The van der Waals surface area contributed by atoms with Crippen LogP contribution in [0.2, 0.25) is 10.0 Å². The monoisotopic (exact) mass is 354 g/mol. The molecule has 0 saturated heterocycles. The largest absolute Gasteiger partial charge is 0.377 e. The Bertz CT molecular complexity index is 632. The summed E-state index contributed by atoms with van der Waals surface area (Å²) in [6.07, 6.45) is 0.0469. The molecule has 0 bridgehead atoms. The summed E-state index contributed by atoms with van der Waals surface area (Å²) in [5, 5.41) is 7.37. The lowest BCUT2D eigenvalue weighted by Crippen LogP contribution is -2.28. The van der Waals surface area contributed by atoms with Gasteiger partial charge < -0.3 is 10.1 Å². The average molecular weight is 355 g/mol. The zero-order valence-electron chi connectivity index (χ0n) is 11.5. The van der Waals surface area contributed by atoms with Crippen molar-refractivity contribution in [2.75, 3.05) is 13.2 Å². The highest BCUT2D eigenvalue weighted by molar-refractivity contribution is 7.89. The van der Waals surface area contributed by atoms with Crippen LogP contribution < -0.4 is 10.5 Å². The van der Waals surface area contributed by atoms with Gasteiger partial charge in [-0.05, 0) is 26.0 Å². The molecule has 0 aliphatic carbocycles. The van der Waals surface area contributed by atoms with Crippen molar-refractivity contribution in [1.29, 1.82) is 0 Å². The first-order valence-corrected chi connectivity index (χ1v) is 8.34. The van der Waals surface area contributed by atoms with Crippen molar-refractivity contribution < 1.29 is 17.9 Å². The number of halogens is 2. The zero-order chi connectivity index (χ0) is 16.2. The lowest BCUT2D eigenvalue weighted by Gasteiger charge is -2.11. The van der Waals surface area contributed by atoms with Crippen molar-refractivity contribution >= 4 is 39.1 Å². The molecule has 0 fully saturated rings. The van der Waals surface area contributed by atoms with Crippen LogP contribution in [0.15, 0.2) is 17.0 Å². The lowest BCUT2D eigenvalue weighted by molar-refractivity contribution is 0.0746. The smallest absolute Gasteiger partial charge is 0.252 e. The lowest BCUT2D eigenvalue weighted by atomic mass is 10.2. The van der Waals surface area contributed by atoms with Crippen molar-refractivity contribution in [3.8, 4) is 0 Å². The van der Waals surface area contributed by atoms with Gasteiger partial charge in [-0.2, -0.15) is 0 Å². The zero-order valence-corrected chi connectivity index (χ0v) is 13.8. The second kappa shape index (κ2) is 7.42. The molecular formula is C12H16Cl2N2O4S. The Labute approximate surface area is 133 Å². The molecule has 9 heteroatoms. The summed E-state index contributed by atoms with van der Waals surface area (Å²) < 4.78 is 28.1. The van der Waals surface area contributed by atoms with Gasteiger partial charge in [0.2, 0.25) is 10.0 Å². The molecule has 6 nitrogen and oxygen atoms in total. The Morgan fingerprint density at radius 3 is 2.52 bits per heavy atom. The van der Waals surface area contributed by atoms with Crippen molar-refractivity contribution in [2.45, 2.75) is 24.8 Å². The number of sulfonamides is 1. The van der Waals surface area contributed by atoms with Gasteiger partial charge >= 0.3 is 0 Å². The number of nitrogens with two attached hydrogens (primary N) is 1. The van der Waals surface area contributed by atoms with Crippen LogP contribution in [0.25, 0.3) is 0 Å². The number of carbonyl (C=O) groups is 1. The fourth-order valence-corrected chi connectivity index (χ4v) is 2.94. The summed E-state index contributed by atoms with van der Waals surface area (Å²) in [5.74, 6) is -0.556. The number of amides is 1. The van der Waals surface area contributed by atoms with Gasteiger partial charge in [-0.1, -0.05) is 23.2 Å². The van der Waals surface area contributed by atoms with E-state index in [0.717, 1.165) is 6.07 Å². The van der Waals surface area contributed by atoms with Gasteiger partial charge in [0.15, 0.2) is 0 Å². The van der Waals surface area contributed by atoms with Crippen LogP contribution >= 0.6 is 23.2 Å². The molecule has 1 amide bonds. The molecule has 0 aliphatic rings. The first kappa shape index (κ1) is 18.2. The summed E-state index contributed by atoms with van der Waals surface area (Å²) >= 11 is 11.7. The average Bonchev–Trinajstić information content (AvgIpc) is 2.35. The molecule has 118 valence electrons. The highest BCUT2D eigenvalue weighted by Crippen LogP contribution is 2.28. The van der Waals surface area contributed by atoms with E-state index in [4.69, 9.17) is 33.1 Å². The Morgan fingerprint density at radius 1 is 1.38 bits per heavy atom. The van der Waals surface area contributed by atoms with E-state index < -0.39 is 15.9 Å². The van der Waals surface area contributed by atoms with Crippen LogP contribution in [0.5, 0.6) is 0 Å². The molecule has 0 unspecified atom stereocenters. The van der Waals surface area contributed by atoms with E-state index in [-0.39, 0.29) is 33.2 Å². The third kappa shape index (κ3) is 5.44. The van der Waals surface area contributed by atoms with Crippen molar-refractivity contribution in [3.63, 3.8) is 0 Å². The fourth-order valence-electron chi connectivity index (χ4n) is 1.49. The van der Waals surface area contributed by atoms with E-state index in [1.807, 2.05) is 13.8 Å². The van der Waals surface area contributed by atoms with Gasteiger partial charge in [-0.15, -0.1) is 0 Å². The molecule has 1 aromatic carbocycles. The standard InChI is InChI=1S/C12H16Cl2N2O4S/c1-7(2)20-4-3-16-12(17)9-5-8(13)6-10(11(9)14)21(15,18)19/h5-7H,3-4H2,1-2H3,(H,16,17)(H2,15,18,19). The van der Waals surface area contributed by atoms with E-state index >= 15 is 0 Å². The number of hydrogen-bond acceptors (Lipinski definition) is 4. The fraction of sp³-hybridized carbons (Fsp3) is 0.417. The van der Waals surface area contributed by atoms with Gasteiger partial charge in [-0.3, -0.25) is 4.79 Å². The Kier molecular flexibility index (Phi) is 6.42. The normalized spacial score (nSPS) is 11.7. The number of rotatable bonds is 6. The van der Waals surface area contributed by atoms with E-state index in [1.165, 1.54) is 6.07 Å². The number of nitrogens with one attached hydrogen (secondary N) is 1. The molecule has 0 aromatic heterocycles. The van der Waals surface area contributed by atoms with E-state index in [0.29, 0.717) is 6.61 Å². The Morgan fingerprint density at radius 2 is 2.00 bits per heavy atom. The molecular weight excluding hydrogens is 339 g/mol. The second-order valence-corrected chi connectivity index (χ2v) is 6.83. The number of carbonyl (C=O) groups excluding carboxylic acids is 1. The first-order valence-electron chi connectivity index (χ1n) is 6.04. The molecule has 1 rings (SSSR count). The Balaban J connectivity index is 2.93. The van der Waals surface area contributed by atoms with Crippen LogP contribution in [0, 0.1) is 0 Å². The summed E-state index contributed by atoms with van der Waals surface area (Å²) in [7, 11) is -4.07. The minimum Gasteiger partial charge on any atom is -0.377 e. The molecule has 0 atom stereocenters. The van der Waals surface area contributed by atoms with E-state index in [9.17, 15) is 13.2 Å². The highest BCUT2D eigenvalue weighted by atomic mass is 35.5. The summed E-state index contributed by atoms with van der Waals surface area (Å²) in [6, 6.07) is 2.37. The van der Waals surface area contributed by atoms with Gasteiger partial charge in [0.1, 0.15) is 4.90 Å². The van der Waals surface area contributed by atoms with Gasteiger partial charge in [0.05, 0.1) is 23.3 Å². The van der Waals surface area contributed by atoms with Crippen molar-refractivity contribution in [3.05, 3.63) is 27.7 Å². The minimum absolute atomic E-state index is 0.0469. The molecule has 0 saturated carbocycles. The molecule has 21 heavy (non-hydrogen) atoms. The maximum absolute atomic E-state index is 12.0. The molecule has 0 aliphatic heterocycles. The molecule has 0 heterocycles. The number of primary sulfonamides is 1. The number of hydrogen-bond donors (Lipinski definition) is 2. The molecule has 3 N–H and O–H groups in total. The van der Waals surface area contributed by atoms with Crippen molar-refractivity contribution in [1.82, 2.24) is 5.32 Å². The predicted octanol–water partition coefficient (Wildman–Crippen LogP) is 1.80. The van der Waals surface area contributed by atoms with Crippen LogP contribution in [0.3, 0.4) is 0 Å². The summed E-state index contributed by atoms with van der Waals surface area (Å²) in [4.78, 5) is 11.6. The van der Waals surface area contributed by atoms with Crippen LogP contribution in [-0.2, 0) is 14.8 Å². The van der Waals surface area contributed by atoms with E-state index in [2.05, 4.69) is 5.32 Å². The Hall–Kier alpha value is -0.860. The summed E-state index contributed by atoms with van der Waals surface area (Å²) in [6.45, 7) is 4.32. The molecule has 1 aromatic rings. The van der Waals surface area contributed by atoms with Crippen LogP contribution in [-0.4, -0.2) is 33.6 Å². The minimum atomic E-state index is -4.07. The van der Waals surface area contributed by atoms with Crippen molar-refractivity contribution in [2.24, 2.45) is 5.14 Å². The predicted molar refractivity (Wildman–Crippen MR) is 81.3 cm³/mol. The summed E-state index contributed by atoms with van der Waals surface area (Å²) in [5.41, 5.74) is -0.0576. The number of ether oxygens (including phenoxy) is 1. The topological polar surface area (TPSA) is 98.5 Å². The molecule has 0 spiro atoms. The van der Waals surface area contributed by atoms with Gasteiger partial charge in [0, 0.05) is 11.6 Å².